The van der Waals surface area contributed by atoms with Crippen LogP contribution >= 0.6 is 34.8 Å². The summed E-state index contributed by atoms with van der Waals surface area (Å²) in [4.78, 5) is 0. The molecule has 0 aliphatic heterocycles. The van der Waals surface area contributed by atoms with Gasteiger partial charge in [0.2, 0.25) is 0 Å². The molecule has 0 aliphatic rings. The van der Waals surface area contributed by atoms with E-state index in [2.05, 4.69) is 0 Å². The number of halogens is 3. The summed E-state index contributed by atoms with van der Waals surface area (Å²) in [6, 6.07) is 0. The monoisotopic (exact) mass is 250 g/mol. The van der Waals surface area contributed by atoms with Gasteiger partial charge in [0.15, 0.2) is 10.6 Å². The summed E-state index contributed by atoms with van der Waals surface area (Å²) >= 11 is 17.6. The number of alkyl halides is 3. The van der Waals surface area contributed by atoms with Gasteiger partial charge in [-0.15, -0.1) is 11.6 Å². The summed E-state index contributed by atoms with van der Waals surface area (Å²) in [5.74, 6) is 0.159. The predicted octanol–water partition coefficient (Wildman–Crippen LogP) is 2.03. The average Bonchev–Trinajstić information content (AvgIpc) is 2.07. The molecule has 0 radical (unpaired) electrons. The quantitative estimate of drug-likeness (QED) is 0.534. The van der Waals surface area contributed by atoms with E-state index in [4.69, 9.17) is 49.0 Å². The van der Waals surface area contributed by atoms with Gasteiger partial charge < -0.3 is 14.2 Å². The van der Waals surface area contributed by atoms with Crippen molar-refractivity contribution in [1.29, 1.82) is 0 Å². The second kappa shape index (κ2) is 6.27. The molecular weight excluding hydrogens is 238 g/mol. The Labute approximate surface area is 93.2 Å². The van der Waals surface area contributed by atoms with Gasteiger partial charge >= 0.3 is 0 Å². The number of hydrogen-bond donors (Lipinski definition) is 0. The molecular formula is C7H13Cl3O3. The van der Waals surface area contributed by atoms with Crippen LogP contribution in [0.2, 0.25) is 0 Å². The lowest BCUT2D eigenvalue weighted by atomic mass is 10.2. The van der Waals surface area contributed by atoms with Gasteiger partial charge in [-0.3, -0.25) is 0 Å². The third kappa shape index (κ3) is 3.42. The fourth-order valence-corrected chi connectivity index (χ4v) is 2.10. The Kier molecular flexibility index (Phi) is 6.64. The second-order valence-electron chi connectivity index (χ2n) is 2.36. The van der Waals surface area contributed by atoms with E-state index >= 15 is 0 Å². The maximum absolute atomic E-state index is 5.97. The van der Waals surface area contributed by atoms with E-state index in [0.29, 0.717) is 0 Å². The third-order valence-electron chi connectivity index (χ3n) is 1.60. The Morgan fingerprint density at radius 3 is 1.77 bits per heavy atom. The van der Waals surface area contributed by atoms with E-state index in [0.717, 1.165) is 0 Å². The molecule has 80 valence electrons. The maximum atomic E-state index is 5.97. The molecule has 1 unspecified atom stereocenters. The first-order valence-corrected chi connectivity index (χ1v) is 4.85. The van der Waals surface area contributed by atoms with Crippen LogP contribution in [0.4, 0.5) is 0 Å². The molecule has 0 rings (SSSR count). The van der Waals surface area contributed by atoms with Crippen molar-refractivity contribution >= 4 is 34.8 Å². The smallest absolute Gasteiger partial charge is 0.195 e. The normalized spacial score (nSPS) is 15.0. The fourth-order valence-electron chi connectivity index (χ4n) is 0.885. The van der Waals surface area contributed by atoms with Gasteiger partial charge in [-0.2, -0.15) is 0 Å². The van der Waals surface area contributed by atoms with Crippen molar-refractivity contribution in [3.05, 3.63) is 0 Å². The number of ether oxygens (including phenoxy) is 3. The summed E-state index contributed by atoms with van der Waals surface area (Å²) < 4.78 is 13.5. The zero-order chi connectivity index (χ0) is 10.5. The van der Waals surface area contributed by atoms with Crippen LogP contribution in [0, 0.1) is 0 Å². The summed E-state index contributed by atoms with van der Waals surface area (Å²) in [6.45, 7) is 0. The minimum Gasteiger partial charge on any atom is -0.377 e. The second-order valence-corrected chi connectivity index (χ2v) is 4.11. The highest BCUT2D eigenvalue weighted by atomic mass is 35.5. The summed E-state index contributed by atoms with van der Waals surface area (Å²) in [5, 5.41) is 0. The van der Waals surface area contributed by atoms with Gasteiger partial charge in [0.1, 0.15) is 6.10 Å². The highest BCUT2D eigenvalue weighted by Crippen LogP contribution is 2.33. The largest absolute Gasteiger partial charge is 0.377 e. The van der Waals surface area contributed by atoms with E-state index in [1.54, 1.807) is 0 Å². The third-order valence-corrected chi connectivity index (χ3v) is 2.72. The standard InChI is InChI=1S/C7H13Cl3O3/c1-11-5(4-8)7(9,10)6(12-2)13-3/h5-6H,4H2,1-3H3. The molecule has 0 bridgehead atoms. The van der Waals surface area contributed by atoms with Gasteiger partial charge in [0, 0.05) is 21.3 Å². The highest BCUT2D eigenvalue weighted by Gasteiger charge is 2.43. The molecule has 3 nitrogen and oxygen atoms in total. The number of rotatable bonds is 6. The first-order valence-electron chi connectivity index (χ1n) is 3.56. The van der Waals surface area contributed by atoms with E-state index in [-0.39, 0.29) is 5.88 Å². The SMILES string of the molecule is COC(CCl)C(Cl)(Cl)C(OC)OC. The number of hydrogen-bond acceptors (Lipinski definition) is 3. The van der Waals surface area contributed by atoms with Crippen LogP contribution in [0.15, 0.2) is 0 Å². The van der Waals surface area contributed by atoms with Crippen molar-refractivity contribution < 1.29 is 14.2 Å². The molecule has 1 atom stereocenters. The molecule has 0 amide bonds. The summed E-state index contributed by atoms with van der Waals surface area (Å²) in [5.41, 5.74) is 0. The molecule has 6 heteroatoms. The van der Waals surface area contributed by atoms with Crippen molar-refractivity contribution in [2.45, 2.75) is 16.7 Å². The lowest BCUT2D eigenvalue weighted by Crippen LogP contribution is -2.46. The highest BCUT2D eigenvalue weighted by molar-refractivity contribution is 6.49. The molecule has 0 aromatic carbocycles. The molecule has 13 heavy (non-hydrogen) atoms. The summed E-state index contributed by atoms with van der Waals surface area (Å²) in [6.07, 6.45) is -1.33. The van der Waals surface area contributed by atoms with E-state index in [1.165, 1.54) is 21.3 Å². The van der Waals surface area contributed by atoms with Crippen LogP contribution in [0.1, 0.15) is 0 Å². The van der Waals surface area contributed by atoms with Crippen molar-refractivity contribution in [3.63, 3.8) is 0 Å². The fraction of sp³-hybridized carbons (Fsp3) is 1.00. The summed E-state index contributed by atoms with van der Waals surface area (Å²) in [7, 11) is 4.35. The minimum atomic E-state index is -1.32. The van der Waals surface area contributed by atoms with Gasteiger partial charge in [-0.25, -0.2) is 0 Å². The Hall–Kier alpha value is 0.750. The lowest BCUT2D eigenvalue weighted by Gasteiger charge is -2.32. The van der Waals surface area contributed by atoms with Gasteiger partial charge in [0.25, 0.3) is 0 Å². The van der Waals surface area contributed by atoms with Crippen LogP contribution < -0.4 is 0 Å². The molecule has 0 N–H and O–H groups in total. The van der Waals surface area contributed by atoms with Crippen molar-refractivity contribution in [1.82, 2.24) is 0 Å². The van der Waals surface area contributed by atoms with E-state index < -0.39 is 16.7 Å². The molecule has 0 fully saturated rings. The lowest BCUT2D eigenvalue weighted by molar-refractivity contribution is -0.130. The van der Waals surface area contributed by atoms with Crippen LogP contribution in [0.3, 0.4) is 0 Å². The Morgan fingerprint density at radius 1 is 1.08 bits per heavy atom. The predicted molar refractivity (Wildman–Crippen MR) is 53.8 cm³/mol. The molecule has 0 heterocycles. The van der Waals surface area contributed by atoms with Gasteiger partial charge in [-0.05, 0) is 0 Å². The Morgan fingerprint density at radius 2 is 1.54 bits per heavy atom. The van der Waals surface area contributed by atoms with Crippen LogP contribution in [0.5, 0.6) is 0 Å². The van der Waals surface area contributed by atoms with Crippen molar-refractivity contribution in [3.8, 4) is 0 Å². The van der Waals surface area contributed by atoms with Crippen molar-refractivity contribution in [2.24, 2.45) is 0 Å². The van der Waals surface area contributed by atoms with Crippen LogP contribution in [-0.2, 0) is 14.2 Å². The molecule has 0 spiro atoms. The first-order chi connectivity index (χ1) is 6.04. The zero-order valence-corrected chi connectivity index (χ0v) is 9.99. The van der Waals surface area contributed by atoms with Crippen LogP contribution in [-0.4, -0.2) is 43.9 Å². The van der Waals surface area contributed by atoms with Crippen LogP contribution in [0.25, 0.3) is 0 Å². The van der Waals surface area contributed by atoms with Gasteiger partial charge in [0.05, 0.1) is 5.88 Å². The maximum Gasteiger partial charge on any atom is 0.195 e. The Bertz CT molecular complexity index is 121. The topological polar surface area (TPSA) is 27.7 Å². The first kappa shape index (κ1) is 13.8. The molecule has 0 aromatic heterocycles. The van der Waals surface area contributed by atoms with E-state index in [1.807, 2.05) is 0 Å². The zero-order valence-electron chi connectivity index (χ0n) is 7.72. The van der Waals surface area contributed by atoms with E-state index in [9.17, 15) is 0 Å². The molecule has 0 saturated carbocycles. The Balaban J connectivity index is 4.48. The molecule has 0 aliphatic carbocycles. The molecule has 0 aromatic rings. The van der Waals surface area contributed by atoms with Crippen molar-refractivity contribution in [2.75, 3.05) is 27.2 Å². The number of methoxy groups -OCH3 is 3. The van der Waals surface area contributed by atoms with Gasteiger partial charge in [-0.1, -0.05) is 23.2 Å². The minimum absolute atomic E-state index is 0.159. The average molecular weight is 252 g/mol. The molecule has 0 saturated heterocycles.